The Morgan fingerprint density at radius 3 is 2.69 bits per heavy atom. The molecule has 2 aromatic heterocycles. The first-order chi connectivity index (χ1) is 17.1. The first kappa shape index (κ1) is 25.0. The molecule has 0 fully saturated rings. The fourth-order valence-corrected chi connectivity index (χ4v) is 5.26. The summed E-state index contributed by atoms with van der Waals surface area (Å²) in [6.45, 7) is 7.87. The lowest BCUT2D eigenvalue weighted by Gasteiger charge is -2.16. The maximum absolute atomic E-state index is 9.59. The molecule has 3 N–H and O–H groups in total. The quantitative estimate of drug-likeness (QED) is 0.333. The van der Waals surface area contributed by atoms with Crippen molar-refractivity contribution in [1.29, 1.82) is 0 Å². The third-order valence-corrected chi connectivity index (χ3v) is 7.45. The molecule has 35 heavy (non-hydrogen) atoms. The van der Waals surface area contributed by atoms with E-state index in [1.165, 1.54) is 16.0 Å². The third kappa shape index (κ3) is 6.13. The minimum absolute atomic E-state index is 0.198. The smallest absolute Gasteiger partial charge is 0.225 e. The van der Waals surface area contributed by atoms with Gasteiger partial charge in [0.25, 0.3) is 0 Å². The molecule has 0 bridgehead atoms. The lowest BCUT2D eigenvalue weighted by Crippen LogP contribution is -2.15. The van der Waals surface area contributed by atoms with E-state index in [4.69, 9.17) is 15.0 Å². The molecule has 0 aliphatic carbocycles. The lowest BCUT2D eigenvalue weighted by atomic mass is 10.0. The summed E-state index contributed by atoms with van der Waals surface area (Å²) in [5.41, 5.74) is 5.28. The number of hydrogen-bond donors (Lipinski definition) is 3. The Labute approximate surface area is 211 Å². The highest BCUT2D eigenvalue weighted by Crippen LogP contribution is 2.35. The number of thiazole rings is 1. The van der Waals surface area contributed by atoms with Gasteiger partial charge >= 0.3 is 0 Å². The molecular formula is C27H34N6OS. The van der Waals surface area contributed by atoms with Gasteiger partial charge in [-0.3, -0.25) is 4.99 Å². The molecular weight excluding hydrogens is 456 g/mol. The van der Waals surface area contributed by atoms with Crippen molar-refractivity contribution in [2.24, 2.45) is 10.9 Å². The van der Waals surface area contributed by atoms with Crippen molar-refractivity contribution in [3.8, 4) is 10.6 Å². The van der Waals surface area contributed by atoms with Gasteiger partial charge in [0.15, 0.2) is 0 Å². The van der Waals surface area contributed by atoms with Gasteiger partial charge in [-0.05, 0) is 36.8 Å². The predicted octanol–water partition coefficient (Wildman–Crippen LogP) is 5.39. The summed E-state index contributed by atoms with van der Waals surface area (Å²) in [7, 11) is 0. The van der Waals surface area contributed by atoms with E-state index in [0.717, 1.165) is 60.0 Å². The number of allylic oxidation sites excluding steroid dienone is 1. The monoisotopic (exact) mass is 490 g/mol. The van der Waals surface area contributed by atoms with E-state index in [-0.39, 0.29) is 12.5 Å². The van der Waals surface area contributed by atoms with E-state index in [0.29, 0.717) is 12.5 Å². The van der Waals surface area contributed by atoms with Crippen molar-refractivity contribution >= 4 is 29.3 Å². The highest BCUT2D eigenvalue weighted by molar-refractivity contribution is 7.15. The molecule has 1 atom stereocenters. The molecule has 184 valence electrons. The van der Waals surface area contributed by atoms with E-state index in [1.807, 2.05) is 25.4 Å². The number of anilines is 2. The zero-order chi connectivity index (χ0) is 24.6. The van der Waals surface area contributed by atoms with Crippen molar-refractivity contribution in [3.63, 3.8) is 0 Å². The van der Waals surface area contributed by atoms with Crippen LogP contribution in [0.5, 0.6) is 0 Å². The average Bonchev–Trinajstić information content (AvgIpc) is 3.14. The van der Waals surface area contributed by atoms with E-state index >= 15 is 0 Å². The van der Waals surface area contributed by atoms with Gasteiger partial charge in [-0.15, -0.1) is 11.3 Å². The molecule has 0 saturated carbocycles. The normalized spacial score (nSPS) is 13.4. The molecule has 8 heteroatoms. The number of aliphatic hydroxyl groups excluding tert-OH is 1. The minimum atomic E-state index is 0.198. The van der Waals surface area contributed by atoms with Gasteiger partial charge in [-0.25, -0.2) is 9.97 Å². The maximum Gasteiger partial charge on any atom is 0.225 e. The average molecular weight is 491 g/mol. The molecule has 4 rings (SSSR count). The van der Waals surface area contributed by atoms with Crippen molar-refractivity contribution in [1.82, 2.24) is 15.0 Å². The van der Waals surface area contributed by atoms with Crippen LogP contribution in [-0.4, -0.2) is 39.4 Å². The van der Waals surface area contributed by atoms with Crippen molar-refractivity contribution < 1.29 is 5.11 Å². The Hall–Kier alpha value is -3.10. The van der Waals surface area contributed by atoms with Crippen LogP contribution in [0.25, 0.3) is 10.6 Å². The van der Waals surface area contributed by atoms with E-state index in [2.05, 4.69) is 53.7 Å². The molecule has 1 aliphatic heterocycles. The molecule has 3 aromatic rings. The second-order valence-corrected chi connectivity index (χ2v) is 9.78. The molecule has 1 aromatic carbocycles. The Bertz CT molecular complexity index is 1200. The van der Waals surface area contributed by atoms with Crippen LogP contribution in [-0.2, 0) is 19.4 Å². The highest BCUT2D eigenvalue weighted by Gasteiger charge is 2.20. The summed E-state index contributed by atoms with van der Waals surface area (Å²) in [5.74, 6) is 1.64. The van der Waals surface area contributed by atoms with Crippen molar-refractivity contribution in [3.05, 3.63) is 63.9 Å². The summed E-state index contributed by atoms with van der Waals surface area (Å²) in [5, 5.41) is 17.4. The molecule has 3 heterocycles. The number of aromatic nitrogens is 3. The van der Waals surface area contributed by atoms with Gasteiger partial charge in [-0.1, -0.05) is 50.6 Å². The van der Waals surface area contributed by atoms with Crippen LogP contribution in [0, 0.1) is 12.8 Å². The summed E-state index contributed by atoms with van der Waals surface area (Å²) in [4.78, 5) is 20.0. The summed E-state index contributed by atoms with van der Waals surface area (Å²) >= 11 is 1.67. The molecule has 0 spiro atoms. The Balaban J connectivity index is 1.63. The van der Waals surface area contributed by atoms with Crippen LogP contribution in [0.2, 0.25) is 0 Å². The van der Waals surface area contributed by atoms with Gasteiger partial charge in [0.2, 0.25) is 5.95 Å². The number of nitrogens with zero attached hydrogens (tertiary/aromatic N) is 4. The predicted molar refractivity (Wildman–Crippen MR) is 145 cm³/mol. The zero-order valence-corrected chi connectivity index (χ0v) is 21.5. The van der Waals surface area contributed by atoms with Crippen LogP contribution in [0.3, 0.4) is 0 Å². The fourth-order valence-electron chi connectivity index (χ4n) is 4.16. The second-order valence-electron chi connectivity index (χ2n) is 8.70. The first-order valence-electron chi connectivity index (χ1n) is 12.3. The van der Waals surface area contributed by atoms with E-state index in [1.54, 1.807) is 11.3 Å². The Kier molecular flexibility index (Phi) is 8.60. The maximum atomic E-state index is 9.59. The summed E-state index contributed by atoms with van der Waals surface area (Å²) in [6.07, 6.45) is 9.31. The zero-order valence-electron chi connectivity index (χ0n) is 20.7. The number of benzene rings is 1. The number of nitrogens with one attached hydrogen (secondary N) is 2. The number of aliphatic imine (C=N–C) groups is 1. The van der Waals surface area contributed by atoms with E-state index < -0.39 is 0 Å². The van der Waals surface area contributed by atoms with E-state index in [9.17, 15) is 5.11 Å². The summed E-state index contributed by atoms with van der Waals surface area (Å²) < 4.78 is 0. The second kappa shape index (κ2) is 12.0. The number of hydrogen-bond acceptors (Lipinski definition) is 8. The molecule has 0 amide bonds. The van der Waals surface area contributed by atoms with Gasteiger partial charge in [0.1, 0.15) is 10.8 Å². The number of rotatable bonds is 11. The number of aliphatic hydroxyl groups is 1. The minimum Gasteiger partial charge on any atom is -0.396 e. The van der Waals surface area contributed by atoms with Crippen LogP contribution in [0.4, 0.5) is 11.8 Å². The molecule has 1 unspecified atom stereocenters. The molecule has 0 saturated heterocycles. The third-order valence-electron chi connectivity index (χ3n) is 6.34. The largest absolute Gasteiger partial charge is 0.396 e. The van der Waals surface area contributed by atoms with Crippen LogP contribution in [0.1, 0.15) is 54.1 Å². The molecule has 1 aliphatic rings. The van der Waals surface area contributed by atoms with Gasteiger partial charge in [0.05, 0.1) is 23.2 Å². The van der Waals surface area contributed by atoms with Gasteiger partial charge in [0, 0.05) is 37.2 Å². The van der Waals surface area contributed by atoms with Crippen molar-refractivity contribution in [2.45, 2.75) is 53.0 Å². The van der Waals surface area contributed by atoms with Crippen LogP contribution >= 0.6 is 11.3 Å². The molecule has 7 nitrogen and oxygen atoms in total. The van der Waals surface area contributed by atoms with Gasteiger partial charge < -0.3 is 15.7 Å². The van der Waals surface area contributed by atoms with Crippen LogP contribution in [0.15, 0.2) is 41.5 Å². The summed E-state index contributed by atoms with van der Waals surface area (Å²) in [6, 6.07) is 8.45. The highest BCUT2D eigenvalue weighted by atomic mass is 32.1. The topological polar surface area (TPSA) is 95.3 Å². The number of fused-ring (bicyclic) bond motifs is 1. The number of aryl methyl sites for hydroxylation is 2. The van der Waals surface area contributed by atoms with Crippen LogP contribution < -0.4 is 10.6 Å². The molecule has 0 radical (unpaired) electrons. The first-order valence-corrected chi connectivity index (χ1v) is 13.2. The Morgan fingerprint density at radius 1 is 1.09 bits per heavy atom. The Morgan fingerprint density at radius 2 is 1.91 bits per heavy atom. The fraction of sp³-hybridized carbons (Fsp3) is 0.407. The van der Waals surface area contributed by atoms with Crippen molar-refractivity contribution in [2.75, 3.05) is 23.8 Å². The van der Waals surface area contributed by atoms with Gasteiger partial charge in [-0.2, -0.15) is 4.98 Å². The SMILES string of the molecule is CCc1ccccc1CNc1nc(C)c(-c2nc3c(s2)CC=CN=C3)c(NCCC(CC)CO)n1. The standard InChI is InChI=1S/C27H34N6OS/c1-4-19(17-34)12-14-29-25-24(26-32-22-16-28-13-8-11-23(22)35-26)18(3)31-27(33-25)30-15-21-10-7-6-9-20(21)5-2/h6-10,13,16,19,34H,4-5,11-12,14-15,17H2,1-3H3,(H2,29,30,31,33). The lowest BCUT2D eigenvalue weighted by molar-refractivity contribution is 0.217.